The van der Waals surface area contributed by atoms with Crippen molar-refractivity contribution in [2.75, 3.05) is 0 Å². The van der Waals surface area contributed by atoms with Crippen LogP contribution in [0.5, 0.6) is 0 Å². The van der Waals surface area contributed by atoms with Crippen molar-refractivity contribution >= 4 is 52.3 Å². The fraction of sp³-hybridized carbons (Fsp3) is 0.0370. The molecule has 1 aliphatic rings. The molecule has 5 rings (SSSR count). The van der Waals surface area contributed by atoms with Gasteiger partial charge in [0.1, 0.15) is 0 Å². The normalized spacial score (nSPS) is 12.2. The molecule has 33 heavy (non-hydrogen) atoms. The average Bonchev–Trinajstić information content (AvgIpc) is 2.99. The molecule has 0 atom stereocenters. The third kappa shape index (κ3) is 4.83. The summed E-state index contributed by atoms with van der Waals surface area (Å²) in [5.74, 6) is -0.159. The first kappa shape index (κ1) is 21.8. The van der Waals surface area contributed by atoms with Gasteiger partial charge >= 0.3 is 0 Å². The third-order valence-corrected chi connectivity index (χ3v) is 6.90. The number of rotatable bonds is 4. The highest BCUT2D eigenvalue weighted by Crippen LogP contribution is 2.41. The lowest BCUT2D eigenvalue weighted by Gasteiger charge is -2.09. The molecule has 4 aromatic carbocycles. The number of carbonyl (C=O) groups is 1. The van der Waals surface area contributed by atoms with Crippen LogP contribution in [-0.4, -0.2) is 11.6 Å². The van der Waals surface area contributed by atoms with E-state index < -0.39 is 0 Å². The van der Waals surface area contributed by atoms with Crippen LogP contribution in [0.3, 0.4) is 0 Å². The molecule has 162 valence electrons. The van der Waals surface area contributed by atoms with Crippen LogP contribution in [0.15, 0.2) is 106 Å². The maximum Gasteiger partial charge on any atom is 0.251 e. The number of amides is 1. The molecule has 0 spiro atoms. The lowest BCUT2D eigenvalue weighted by molar-refractivity contribution is 0.0951. The van der Waals surface area contributed by atoms with Crippen LogP contribution < -0.4 is 5.32 Å². The van der Waals surface area contributed by atoms with Gasteiger partial charge in [0.25, 0.3) is 5.91 Å². The monoisotopic (exact) mass is 488 g/mol. The van der Waals surface area contributed by atoms with Crippen molar-refractivity contribution in [1.82, 2.24) is 5.32 Å². The summed E-state index contributed by atoms with van der Waals surface area (Å²) in [5, 5.41) is 4.29. The van der Waals surface area contributed by atoms with E-state index in [-0.39, 0.29) is 5.91 Å². The Balaban J connectivity index is 1.49. The van der Waals surface area contributed by atoms with Gasteiger partial charge in [0.2, 0.25) is 0 Å². The summed E-state index contributed by atoms with van der Waals surface area (Å²) in [6.07, 6.45) is 0. The third-order valence-electron chi connectivity index (χ3n) is 5.28. The molecule has 4 aromatic rings. The highest BCUT2D eigenvalue weighted by atomic mass is 35.5. The topological polar surface area (TPSA) is 41.5 Å². The Morgan fingerprint density at radius 3 is 2.45 bits per heavy atom. The molecule has 1 heterocycles. The molecule has 0 fully saturated rings. The number of hydrogen-bond donors (Lipinski definition) is 1. The molecule has 6 heteroatoms. The Morgan fingerprint density at radius 2 is 1.64 bits per heavy atom. The van der Waals surface area contributed by atoms with Gasteiger partial charge in [-0.05, 0) is 54.1 Å². The van der Waals surface area contributed by atoms with Crippen LogP contribution in [0.25, 0.3) is 0 Å². The summed E-state index contributed by atoms with van der Waals surface area (Å²) >= 11 is 13.8. The van der Waals surface area contributed by atoms with Crippen LogP contribution in [0.1, 0.15) is 27.0 Å². The van der Waals surface area contributed by atoms with Crippen molar-refractivity contribution in [3.05, 3.63) is 123 Å². The molecule has 0 aromatic heterocycles. The van der Waals surface area contributed by atoms with Crippen molar-refractivity contribution in [2.24, 2.45) is 4.99 Å². The van der Waals surface area contributed by atoms with Gasteiger partial charge in [0.15, 0.2) is 0 Å². The van der Waals surface area contributed by atoms with Crippen molar-refractivity contribution < 1.29 is 4.79 Å². The van der Waals surface area contributed by atoms with Gasteiger partial charge in [-0.1, -0.05) is 77.4 Å². The van der Waals surface area contributed by atoms with Gasteiger partial charge in [0.05, 0.1) is 11.4 Å². The van der Waals surface area contributed by atoms with Gasteiger partial charge < -0.3 is 5.32 Å². The van der Waals surface area contributed by atoms with Gasteiger partial charge in [-0.2, -0.15) is 0 Å². The van der Waals surface area contributed by atoms with Crippen LogP contribution in [0.4, 0.5) is 5.69 Å². The lowest BCUT2D eigenvalue weighted by Crippen LogP contribution is -2.22. The minimum atomic E-state index is -0.159. The van der Waals surface area contributed by atoms with Crippen LogP contribution in [0.2, 0.25) is 10.0 Å². The van der Waals surface area contributed by atoms with Crippen molar-refractivity contribution in [3.63, 3.8) is 0 Å². The van der Waals surface area contributed by atoms with E-state index in [1.165, 1.54) is 0 Å². The molecule has 0 unspecified atom stereocenters. The molecular formula is C27H18Cl2N2OS. The van der Waals surface area contributed by atoms with Gasteiger partial charge in [-0.25, -0.2) is 4.99 Å². The Labute approximate surface area is 206 Å². The molecule has 0 radical (unpaired) electrons. The molecule has 1 aliphatic heterocycles. The molecule has 1 N–H and O–H groups in total. The smallest absolute Gasteiger partial charge is 0.251 e. The molecule has 3 nitrogen and oxygen atoms in total. The predicted octanol–water partition coefficient (Wildman–Crippen LogP) is 7.56. The second-order valence-electron chi connectivity index (χ2n) is 7.56. The predicted molar refractivity (Wildman–Crippen MR) is 136 cm³/mol. The number of nitrogens with one attached hydrogen (secondary N) is 1. The van der Waals surface area contributed by atoms with Crippen molar-refractivity contribution in [1.29, 1.82) is 0 Å². The van der Waals surface area contributed by atoms with Crippen LogP contribution >= 0.6 is 35.0 Å². The van der Waals surface area contributed by atoms with E-state index in [1.54, 1.807) is 11.8 Å². The summed E-state index contributed by atoms with van der Waals surface area (Å²) in [7, 11) is 0. The van der Waals surface area contributed by atoms with Crippen molar-refractivity contribution in [3.8, 4) is 0 Å². The number of hydrogen-bond acceptors (Lipinski definition) is 3. The highest BCUT2D eigenvalue weighted by Gasteiger charge is 2.20. The molecule has 1 amide bonds. The van der Waals surface area contributed by atoms with E-state index >= 15 is 0 Å². The number of nitrogens with zero attached hydrogens (tertiary/aromatic N) is 1. The second kappa shape index (κ2) is 9.44. The quantitative estimate of drug-likeness (QED) is 0.283. The minimum Gasteiger partial charge on any atom is -0.348 e. The molecule has 0 aliphatic carbocycles. The second-order valence-corrected chi connectivity index (χ2v) is 9.52. The summed E-state index contributed by atoms with van der Waals surface area (Å²) in [6, 6.07) is 28.9. The number of carbonyl (C=O) groups excluding carboxylic acids is 1. The Morgan fingerprint density at radius 1 is 0.818 bits per heavy atom. The van der Waals surface area contributed by atoms with Crippen LogP contribution in [-0.2, 0) is 6.54 Å². The fourth-order valence-corrected chi connectivity index (χ4v) is 4.98. The standard InChI is InChI=1S/C27H18Cl2N2OS/c28-20-11-8-18(9-12-20)26-22-6-1-2-7-24(22)33-25-13-10-19(15-23(25)31-26)27(32)30-16-17-4-3-5-21(29)14-17/h1-15H,16H2,(H,30,32). The SMILES string of the molecule is O=C(NCc1cccc(Cl)c1)c1ccc2c(c1)N=C(c1ccc(Cl)cc1)c1ccccc1S2. The maximum atomic E-state index is 12.9. The van der Waals surface area contributed by atoms with Crippen LogP contribution in [0, 0.1) is 0 Å². The summed E-state index contributed by atoms with van der Waals surface area (Å²) in [5.41, 5.74) is 5.13. The summed E-state index contributed by atoms with van der Waals surface area (Å²) < 4.78 is 0. The largest absolute Gasteiger partial charge is 0.348 e. The first-order chi connectivity index (χ1) is 16.1. The summed E-state index contributed by atoms with van der Waals surface area (Å²) in [6.45, 7) is 0.399. The zero-order valence-electron chi connectivity index (χ0n) is 17.4. The molecule has 0 saturated carbocycles. The first-order valence-electron chi connectivity index (χ1n) is 10.4. The number of halogens is 2. The van der Waals surface area contributed by atoms with Gasteiger partial charge in [-0.3, -0.25) is 4.79 Å². The Kier molecular flexibility index (Phi) is 6.23. The number of fused-ring (bicyclic) bond motifs is 2. The average molecular weight is 489 g/mol. The Hall–Kier alpha value is -3.05. The zero-order valence-corrected chi connectivity index (χ0v) is 19.7. The van der Waals surface area contributed by atoms with Crippen molar-refractivity contribution in [2.45, 2.75) is 16.3 Å². The number of benzene rings is 4. The van der Waals surface area contributed by atoms with E-state index in [9.17, 15) is 4.79 Å². The molecule has 0 saturated heterocycles. The number of aliphatic imine (C=N–C) groups is 1. The van der Waals surface area contributed by atoms with E-state index in [4.69, 9.17) is 28.2 Å². The van der Waals surface area contributed by atoms with E-state index in [0.29, 0.717) is 22.2 Å². The maximum absolute atomic E-state index is 12.9. The molecular weight excluding hydrogens is 471 g/mol. The first-order valence-corrected chi connectivity index (χ1v) is 11.9. The van der Waals surface area contributed by atoms with E-state index in [1.807, 2.05) is 78.9 Å². The zero-order chi connectivity index (χ0) is 22.8. The lowest BCUT2D eigenvalue weighted by atomic mass is 10.0. The minimum absolute atomic E-state index is 0.159. The van der Waals surface area contributed by atoms with Gasteiger partial charge in [0, 0.05) is 43.1 Å². The highest BCUT2D eigenvalue weighted by molar-refractivity contribution is 7.99. The summed E-state index contributed by atoms with van der Waals surface area (Å²) in [4.78, 5) is 20.0. The molecule has 0 bridgehead atoms. The van der Waals surface area contributed by atoms with Gasteiger partial charge in [-0.15, -0.1) is 0 Å². The van der Waals surface area contributed by atoms with E-state index in [0.717, 1.165) is 37.9 Å². The van der Waals surface area contributed by atoms with E-state index in [2.05, 4.69) is 17.4 Å². The fourth-order valence-electron chi connectivity index (χ4n) is 3.64. The Bertz CT molecular complexity index is 1380.